The minimum atomic E-state index is 0.274. The van der Waals surface area contributed by atoms with Crippen molar-refractivity contribution in [3.8, 4) is 0 Å². The molecule has 0 aromatic carbocycles. The number of hydrogen-bond acceptors (Lipinski definition) is 4. The highest BCUT2D eigenvalue weighted by Crippen LogP contribution is 2.22. The number of hydrogen-bond donors (Lipinski definition) is 1. The Morgan fingerprint density at radius 2 is 2.00 bits per heavy atom. The molecular formula is C14H24N4O2. The quantitative estimate of drug-likeness (QED) is 0.729. The topological polar surface area (TPSA) is 55.9 Å². The molecule has 1 atom stereocenters. The van der Waals surface area contributed by atoms with Crippen LogP contribution in [0.25, 0.3) is 0 Å². The average molecular weight is 280 g/mol. The van der Waals surface area contributed by atoms with Crippen LogP contribution >= 0.6 is 0 Å². The van der Waals surface area contributed by atoms with Gasteiger partial charge in [-0.25, -0.2) is 0 Å². The Morgan fingerprint density at radius 3 is 2.80 bits per heavy atom. The fraction of sp³-hybridized carbons (Fsp3) is 0.857. The van der Waals surface area contributed by atoms with E-state index in [9.17, 15) is 9.59 Å². The van der Waals surface area contributed by atoms with Crippen LogP contribution in [-0.4, -0.2) is 84.9 Å². The third-order valence-corrected chi connectivity index (χ3v) is 4.69. The molecule has 3 aliphatic heterocycles. The molecule has 1 unspecified atom stereocenters. The second-order valence-electron chi connectivity index (χ2n) is 5.96. The predicted molar refractivity (Wildman–Crippen MR) is 75.2 cm³/mol. The van der Waals surface area contributed by atoms with Crippen molar-refractivity contribution in [2.75, 3.05) is 52.4 Å². The van der Waals surface area contributed by atoms with Gasteiger partial charge in [0.05, 0.1) is 0 Å². The van der Waals surface area contributed by atoms with E-state index >= 15 is 0 Å². The Labute approximate surface area is 120 Å². The van der Waals surface area contributed by atoms with Gasteiger partial charge < -0.3 is 15.1 Å². The summed E-state index contributed by atoms with van der Waals surface area (Å²) in [5.41, 5.74) is 0. The molecule has 0 aromatic heterocycles. The Morgan fingerprint density at radius 1 is 1.20 bits per heavy atom. The second kappa shape index (κ2) is 6.10. The molecule has 20 heavy (non-hydrogen) atoms. The molecule has 6 nitrogen and oxygen atoms in total. The van der Waals surface area contributed by atoms with Crippen molar-refractivity contribution >= 4 is 11.8 Å². The van der Waals surface area contributed by atoms with Crippen molar-refractivity contribution in [1.29, 1.82) is 0 Å². The van der Waals surface area contributed by atoms with Gasteiger partial charge in [-0.05, 0) is 6.42 Å². The lowest BCUT2D eigenvalue weighted by atomic mass is 10.1. The SMILES string of the molecule is O=C(CCN1CCN2C(=O)CCC2C1)N1CCNCC1. The van der Waals surface area contributed by atoms with Gasteiger partial charge in [0, 0.05) is 71.2 Å². The van der Waals surface area contributed by atoms with Gasteiger partial charge in [-0.2, -0.15) is 0 Å². The molecule has 3 aliphatic rings. The third kappa shape index (κ3) is 2.96. The smallest absolute Gasteiger partial charge is 0.223 e. The largest absolute Gasteiger partial charge is 0.340 e. The zero-order chi connectivity index (χ0) is 13.9. The van der Waals surface area contributed by atoms with Crippen molar-refractivity contribution in [3.05, 3.63) is 0 Å². The molecule has 0 aliphatic carbocycles. The van der Waals surface area contributed by atoms with Gasteiger partial charge in [0.2, 0.25) is 11.8 Å². The fourth-order valence-corrected chi connectivity index (χ4v) is 3.46. The lowest BCUT2D eigenvalue weighted by Gasteiger charge is -2.37. The highest BCUT2D eigenvalue weighted by atomic mass is 16.2. The van der Waals surface area contributed by atoms with Crippen molar-refractivity contribution in [3.63, 3.8) is 0 Å². The maximum Gasteiger partial charge on any atom is 0.223 e. The number of nitrogens with zero attached hydrogens (tertiary/aromatic N) is 3. The van der Waals surface area contributed by atoms with Gasteiger partial charge in [0.1, 0.15) is 0 Å². The highest BCUT2D eigenvalue weighted by Gasteiger charge is 2.35. The third-order valence-electron chi connectivity index (χ3n) is 4.69. The van der Waals surface area contributed by atoms with Gasteiger partial charge in [0.15, 0.2) is 0 Å². The molecule has 3 rings (SSSR count). The normalized spacial score (nSPS) is 27.8. The van der Waals surface area contributed by atoms with Crippen LogP contribution in [0, 0.1) is 0 Å². The van der Waals surface area contributed by atoms with E-state index in [1.54, 1.807) is 0 Å². The second-order valence-corrected chi connectivity index (χ2v) is 5.96. The van der Waals surface area contributed by atoms with Crippen LogP contribution in [0.2, 0.25) is 0 Å². The van der Waals surface area contributed by atoms with Crippen LogP contribution in [0.4, 0.5) is 0 Å². The van der Waals surface area contributed by atoms with Crippen LogP contribution in [0.1, 0.15) is 19.3 Å². The lowest BCUT2D eigenvalue weighted by molar-refractivity contribution is -0.133. The Bertz CT molecular complexity index is 381. The van der Waals surface area contributed by atoms with Crippen LogP contribution in [0.3, 0.4) is 0 Å². The number of carbonyl (C=O) groups excluding carboxylic acids is 2. The molecule has 3 saturated heterocycles. The molecule has 2 amide bonds. The van der Waals surface area contributed by atoms with E-state index < -0.39 is 0 Å². The van der Waals surface area contributed by atoms with Crippen molar-refractivity contribution in [2.45, 2.75) is 25.3 Å². The Balaban J connectivity index is 1.42. The number of nitrogens with one attached hydrogen (secondary N) is 1. The Kier molecular flexibility index (Phi) is 4.21. The molecule has 0 aromatic rings. The fourth-order valence-electron chi connectivity index (χ4n) is 3.46. The first-order chi connectivity index (χ1) is 9.74. The minimum Gasteiger partial charge on any atom is -0.340 e. The average Bonchev–Trinajstić information content (AvgIpc) is 2.87. The highest BCUT2D eigenvalue weighted by molar-refractivity contribution is 5.79. The summed E-state index contributed by atoms with van der Waals surface area (Å²) in [6.45, 7) is 7.03. The molecule has 0 spiro atoms. The molecule has 112 valence electrons. The number of amides is 2. The first-order valence-corrected chi connectivity index (χ1v) is 7.74. The zero-order valence-corrected chi connectivity index (χ0v) is 12.0. The van der Waals surface area contributed by atoms with E-state index in [0.717, 1.165) is 58.8 Å². The molecule has 3 fully saturated rings. The summed E-state index contributed by atoms with van der Waals surface area (Å²) in [5, 5.41) is 3.26. The van der Waals surface area contributed by atoms with Gasteiger partial charge in [0.25, 0.3) is 0 Å². The first-order valence-electron chi connectivity index (χ1n) is 7.74. The predicted octanol–water partition coefficient (Wildman–Crippen LogP) is -0.885. The van der Waals surface area contributed by atoms with Crippen LogP contribution < -0.4 is 5.32 Å². The van der Waals surface area contributed by atoms with E-state index in [0.29, 0.717) is 24.8 Å². The van der Waals surface area contributed by atoms with Gasteiger partial charge >= 0.3 is 0 Å². The van der Waals surface area contributed by atoms with Crippen molar-refractivity contribution < 1.29 is 9.59 Å². The van der Waals surface area contributed by atoms with Gasteiger partial charge in [-0.3, -0.25) is 14.5 Å². The Hall–Kier alpha value is -1.14. The van der Waals surface area contributed by atoms with E-state index in [4.69, 9.17) is 0 Å². The van der Waals surface area contributed by atoms with Crippen LogP contribution in [0.15, 0.2) is 0 Å². The van der Waals surface area contributed by atoms with Crippen LogP contribution in [0.5, 0.6) is 0 Å². The molecule has 0 bridgehead atoms. The summed E-state index contributed by atoms with van der Waals surface area (Å²) in [4.78, 5) is 30.1. The van der Waals surface area contributed by atoms with Crippen LogP contribution in [-0.2, 0) is 9.59 Å². The van der Waals surface area contributed by atoms with Gasteiger partial charge in [-0.1, -0.05) is 0 Å². The number of rotatable bonds is 3. The summed E-state index contributed by atoms with van der Waals surface area (Å²) < 4.78 is 0. The molecule has 0 radical (unpaired) electrons. The molecular weight excluding hydrogens is 256 g/mol. The van der Waals surface area contributed by atoms with E-state index in [1.165, 1.54) is 0 Å². The van der Waals surface area contributed by atoms with E-state index in [-0.39, 0.29) is 5.91 Å². The molecule has 1 N–H and O–H groups in total. The minimum absolute atomic E-state index is 0.274. The molecule has 0 saturated carbocycles. The van der Waals surface area contributed by atoms with E-state index in [1.807, 2.05) is 9.80 Å². The first kappa shape index (κ1) is 13.8. The summed E-state index contributed by atoms with van der Waals surface area (Å²) in [7, 11) is 0. The summed E-state index contributed by atoms with van der Waals surface area (Å²) in [5.74, 6) is 0.586. The lowest BCUT2D eigenvalue weighted by Crippen LogP contribution is -2.52. The number of carbonyl (C=O) groups is 2. The number of fused-ring (bicyclic) bond motifs is 1. The summed E-state index contributed by atoms with van der Waals surface area (Å²) in [6.07, 6.45) is 2.31. The van der Waals surface area contributed by atoms with Gasteiger partial charge in [-0.15, -0.1) is 0 Å². The zero-order valence-electron chi connectivity index (χ0n) is 12.0. The maximum atomic E-state index is 12.1. The standard InChI is InChI=1S/C14H24N4O2/c19-13(17-7-4-15-5-8-17)3-6-16-9-10-18-12(11-16)1-2-14(18)20/h12,15H,1-11H2. The molecule has 3 heterocycles. The molecule has 6 heteroatoms. The van der Waals surface area contributed by atoms with Crippen molar-refractivity contribution in [1.82, 2.24) is 20.0 Å². The number of piperazine rings is 2. The summed E-state index contributed by atoms with van der Waals surface area (Å²) >= 11 is 0. The van der Waals surface area contributed by atoms with Crippen molar-refractivity contribution in [2.24, 2.45) is 0 Å². The van der Waals surface area contributed by atoms with E-state index in [2.05, 4.69) is 10.2 Å². The monoisotopic (exact) mass is 280 g/mol. The summed E-state index contributed by atoms with van der Waals surface area (Å²) in [6, 6.07) is 0.394. The maximum absolute atomic E-state index is 12.1.